The minimum atomic E-state index is -0.908. The van der Waals surface area contributed by atoms with Gasteiger partial charge in [0.1, 0.15) is 11.5 Å². The molecule has 1 atom stereocenters. The third-order valence-corrected chi connectivity index (χ3v) is 7.04. The van der Waals surface area contributed by atoms with Gasteiger partial charge in [-0.15, -0.1) is 0 Å². The number of amides is 1. The fourth-order valence-electron chi connectivity index (χ4n) is 5.14. The summed E-state index contributed by atoms with van der Waals surface area (Å²) >= 11 is 0. The Morgan fingerprint density at radius 3 is 2.32 bits per heavy atom. The summed E-state index contributed by atoms with van der Waals surface area (Å²) in [6.07, 6.45) is 4.10. The third-order valence-electron chi connectivity index (χ3n) is 7.04. The van der Waals surface area contributed by atoms with Crippen LogP contribution in [0.15, 0.2) is 72.3 Å². The molecule has 0 bridgehead atoms. The maximum Gasteiger partial charge on any atom is 0.337 e. The molecule has 0 saturated carbocycles. The van der Waals surface area contributed by atoms with Crippen LogP contribution in [-0.4, -0.2) is 37.0 Å². The van der Waals surface area contributed by atoms with Gasteiger partial charge in [-0.3, -0.25) is 14.5 Å². The number of carbonyl (C=O) groups is 3. The van der Waals surface area contributed by atoms with Crippen molar-refractivity contribution in [3.63, 3.8) is 0 Å². The number of anilines is 1. The minimum absolute atomic E-state index is 0.00519. The Bertz CT molecular complexity index is 1420. The van der Waals surface area contributed by atoms with E-state index in [1.54, 1.807) is 55.6 Å². The molecular weight excluding hydrogens is 470 g/mol. The molecule has 0 radical (unpaired) electrons. The molecule has 188 valence electrons. The molecule has 7 nitrogen and oxygen atoms in total. The molecule has 0 spiro atoms. The van der Waals surface area contributed by atoms with Crippen LogP contribution in [0.3, 0.4) is 0 Å². The molecule has 1 unspecified atom stereocenters. The number of aliphatic hydroxyl groups is 1. The first-order chi connectivity index (χ1) is 17.9. The van der Waals surface area contributed by atoms with Crippen LogP contribution in [0.25, 0.3) is 5.76 Å². The molecule has 7 heteroatoms. The highest BCUT2D eigenvalue weighted by Gasteiger charge is 2.47. The zero-order valence-electron chi connectivity index (χ0n) is 20.7. The van der Waals surface area contributed by atoms with E-state index < -0.39 is 23.7 Å². The molecule has 0 aromatic heterocycles. The van der Waals surface area contributed by atoms with Crippen LogP contribution in [-0.2, 0) is 27.2 Å². The number of methoxy groups -OCH3 is 2. The number of Topliss-reactive ketones (excluding diaryl/α,β-unsaturated/α-hetero) is 1. The van der Waals surface area contributed by atoms with E-state index in [2.05, 4.69) is 0 Å². The average Bonchev–Trinajstić information content (AvgIpc) is 3.21. The maximum atomic E-state index is 13.4. The number of aliphatic hydroxyl groups excluding tert-OH is 1. The Labute approximate surface area is 214 Å². The number of ketones is 1. The number of ether oxygens (including phenoxy) is 2. The summed E-state index contributed by atoms with van der Waals surface area (Å²) in [4.78, 5) is 40.4. The Morgan fingerprint density at radius 1 is 0.892 bits per heavy atom. The second kappa shape index (κ2) is 9.93. The number of hydrogen-bond donors (Lipinski definition) is 1. The lowest BCUT2D eigenvalue weighted by Gasteiger charge is -2.26. The highest BCUT2D eigenvalue weighted by molar-refractivity contribution is 6.51. The van der Waals surface area contributed by atoms with Crippen molar-refractivity contribution in [2.75, 3.05) is 19.1 Å². The summed E-state index contributed by atoms with van der Waals surface area (Å²) < 4.78 is 10.1. The van der Waals surface area contributed by atoms with Gasteiger partial charge in [0.2, 0.25) is 0 Å². The summed E-state index contributed by atoms with van der Waals surface area (Å²) in [5.41, 5.74) is 4.09. The number of carbonyl (C=O) groups excluding carboxylic acids is 3. The summed E-state index contributed by atoms with van der Waals surface area (Å²) in [5.74, 6) is -1.75. The first-order valence-electron chi connectivity index (χ1n) is 12.2. The zero-order valence-corrected chi connectivity index (χ0v) is 20.7. The van der Waals surface area contributed by atoms with Crippen molar-refractivity contribution in [2.24, 2.45) is 0 Å². The quantitative estimate of drug-likeness (QED) is 0.231. The van der Waals surface area contributed by atoms with Crippen molar-refractivity contribution in [1.82, 2.24) is 0 Å². The van der Waals surface area contributed by atoms with Crippen LogP contribution in [0, 0.1) is 0 Å². The summed E-state index contributed by atoms with van der Waals surface area (Å²) in [6.45, 7) is 0. The molecule has 37 heavy (non-hydrogen) atoms. The number of hydrogen-bond acceptors (Lipinski definition) is 6. The van der Waals surface area contributed by atoms with Gasteiger partial charge in [0.25, 0.3) is 11.7 Å². The van der Waals surface area contributed by atoms with Crippen molar-refractivity contribution in [2.45, 2.75) is 31.7 Å². The van der Waals surface area contributed by atoms with Crippen LogP contribution in [0.1, 0.15) is 51.5 Å². The summed E-state index contributed by atoms with van der Waals surface area (Å²) in [7, 11) is 2.83. The smallest absolute Gasteiger partial charge is 0.337 e. The van der Waals surface area contributed by atoms with Crippen molar-refractivity contribution in [1.29, 1.82) is 0 Å². The lowest BCUT2D eigenvalue weighted by Crippen LogP contribution is -2.29. The number of benzene rings is 3. The molecule has 1 N–H and O–H groups in total. The molecular formula is C30H27NO6. The molecule has 5 rings (SSSR count). The van der Waals surface area contributed by atoms with E-state index in [1.807, 2.05) is 12.1 Å². The van der Waals surface area contributed by atoms with Gasteiger partial charge < -0.3 is 14.6 Å². The maximum absolute atomic E-state index is 13.4. The van der Waals surface area contributed by atoms with Gasteiger partial charge in [0.05, 0.1) is 31.4 Å². The Balaban J connectivity index is 1.68. The zero-order chi connectivity index (χ0) is 26.1. The Hall–Kier alpha value is -4.39. The topological polar surface area (TPSA) is 93.1 Å². The number of aryl methyl sites for hydroxylation is 2. The van der Waals surface area contributed by atoms with Gasteiger partial charge in [-0.1, -0.05) is 30.3 Å². The van der Waals surface area contributed by atoms with E-state index >= 15 is 0 Å². The molecule has 1 saturated heterocycles. The Kier molecular flexibility index (Phi) is 6.53. The van der Waals surface area contributed by atoms with E-state index in [0.717, 1.165) is 31.2 Å². The fraction of sp³-hybridized carbons (Fsp3) is 0.233. The number of nitrogens with zero attached hydrogens (tertiary/aromatic N) is 1. The van der Waals surface area contributed by atoms with E-state index in [9.17, 15) is 19.5 Å². The van der Waals surface area contributed by atoms with Crippen molar-refractivity contribution >= 4 is 29.1 Å². The van der Waals surface area contributed by atoms with E-state index in [1.165, 1.54) is 23.6 Å². The number of rotatable bonds is 5. The molecule has 3 aromatic rings. The molecule has 1 aliphatic heterocycles. The second-order valence-corrected chi connectivity index (χ2v) is 9.17. The van der Waals surface area contributed by atoms with Crippen LogP contribution in [0.5, 0.6) is 5.75 Å². The molecule has 1 fully saturated rings. The van der Waals surface area contributed by atoms with Crippen molar-refractivity contribution in [3.05, 3.63) is 100 Å². The SMILES string of the molecule is COC(=O)c1cccc(N2C(=O)C(=O)/C(=C(\O)c3ccc4c(c3)CCCC4)C2c2ccc(OC)cc2)c1. The normalized spacial score (nSPS) is 18.4. The highest BCUT2D eigenvalue weighted by Crippen LogP contribution is 2.43. The molecule has 3 aromatic carbocycles. The van der Waals surface area contributed by atoms with Gasteiger partial charge in [-0.2, -0.15) is 0 Å². The van der Waals surface area contributed by atoms with Crippen molar-refractivity contribution in [3.8, 4) is 5.75 Å². The molecule has 1 aliphatic carbocycles. The lowest BCUT2D eigenvalue weighted by molar-refractivity contribution is -0.132. The molecule has 1 heterocycles. The van der Waals surface area contributed by atoms with E-state index in [4.69, 9.17) is 9.47 Å². The Morgan fingerprint density at radius 2 is 1.62 bits per heavy atom. The molecule has 1 amide bonds. The third kappa shape index (κ3) is 4.37. The predicted molar refractivity (Wildman–Crippen MR) is 139 cm³/mol. The fourth-order valence-corrected chi connectivity index (χ4v) is 5.14. The molecule has 2 aliphatic rings. The summed E-state index contributed by atoms with van der Waals surface area (Å²) in [5, 5.41) is 11.5. The van der Waals surface area contributed by atoms with Gasteiger partial charge >= 0.3 is 5.97 Å². The van der Waals surface area contributed by atoms with Gasteiger partial charge in [0, 0.05) is 11.3 Å². The van der Waals surface area contributed by atoms with Crippen LogP contribution in [0.2, 0.25) is 0 Å². The number of fused-ring (bicyclic) bond motifs is 1. The first kappa shape index (κ1) is 24.3. The first-order valence-corrected chi connectivity index (χ1v) is 12.2. The monoisotopic (exact) mass is 497 g/mol. The van der Waals surface area contributed by atoms with Gasteiger partial charge in [-0.05, 0) is 78.8 Å². The van der Waals surface area contributed by atoms with Crippen LogP contribution >= 0.6 is 0 Å². The number of esters is 1. The van der Waals surface area contributed by atoms with Gasteiger partial charge in [-0.25, -0.2) is 4.79 Å². The standard InChI is InChI=1S/C30H27NO6/c1-36-24-14-12-19(13-15-24)26-25(27(32)21-11-10-18-6-3-4-7-20(18)16-21)28(33)29(34)31(26)23-9-5-8-22(17-23)30(35)37-2/h5,8-17,26,32H,3-4,6-7H2,1-2H3/b27-25-. The van der Waals surface area contributed by atoms with Crippen LogP contribution in [0.4, 0.5) is 5.69 Å². The summed E-state index contributed by atoms with van der Waals surface area (Å²) in [6, 6.07) is 18.1. The van der Waals surface area contributed by atoms with E-state index in [0.29, 0.717) is 22.6 Å². The average molecular weight is 498 g/mol. The highest BCUT2D eigenvalue weighted by atomic mass is 16.5. The van der Waals surface area contributed by atoms with Crippen molar-refractivity contribution < 1.29 is 29.0 Å². The van der Waals surface area contributed by atoms with E-state index in [-0.39, 0.29) is 16.9 Å². The lowest BCUT2D eigenvalue weighted by atomic mass is 9.88. The minimum Gasteiger partial charge on any atom is -0.507 e. The largest absolute Gasteiger partial charge is 0.507 e. The predicted octanol–water partition coefficient (Wildman–Crippen LogP) is 4.99. The van der Waals surface area contributed by atoms with Crippen LogP contribution < -0.4 is 9.64 Å². The van der Waals surface area contributed by atoms with Gasteiger partial charge in [0.15, 0.2) is 0 Å². The second-order valence-electron chi connectivity index (χ2n) is 9.17.